The number of benzene rings is 1. The van der Waals surface area contributed by atoms with Crippen LogP contribution in [0.1, 0.15) is 30.4 Å². The van der Waals surface area contributed by atoms with Gasteiger partial charge in [0, 0.05) is 0 Å². The van der Waals surface area contributed by atoms with Crippen molar-refractivity contribution < 1.29 is 14.6 Å². The predicted octanol–water partition coefficient (Wildman–Crippen LogP) is 2.80. The van der Waals surface area contributed by atoms with Crippen LogP contribution in [0.4, 0.5) is 0 Å². The van der Waals surface area contributed by atoms with Crippen LogP contribution in [0.2, 0.25) is 0 Å². The van der Waals surface area contributed by atoms with Gasteiger partial charge in [-0.3, -0.25) is 4.79 Å². The summed E-state index contributed by atoms with van der Waals surface area (Å²) in [6.07, 6.45) is 3.12. The summed E-state index contributed by atoms with van der Waals surface area (Å²) in [5, 5.41) is 9.13. The number of ether oxygens (including phenoxy) is 1. The zero-order valence-corrected chi connectivity index (χ0v) is 10.3. The Bertz CT molecular complexity index is 433. The fraction of sp³-hybridized carbons (Fsp3) is 0.500. The normalized spacial score (nSPS) is 16.6. The van der Waals surface area contributed by atoms with Crippen molar-refractivity contribution in [1.82, 2.24) is 0 Å². The number of aryl methyl sites for hydroxylation is 2. The van der Waals surface area contributed by atoms with Gasteiger partial charge in [-0.05, 0) is 44.2 Å². The second-order valence-corrected chi connectivity index (χ2v) is 4.90. The molecule has 0 unspecified atom stereocenters. The molecular weight excluding hydrogens is 216 g/mol. The molecule has 1 saturated carbocycles. The molecule has 1 fully saturated rings. The highest BCUT2D eigenvalue weighted by atomic mass is 16.5. The molecule has 3 nitrogen and oxygen atoms in total. The molecule has 1 N–H and O–H groups in total. The smallest absolute Gasteiger partial charge is 0.309 e. The maximum absolute atomic E-state index is 11.1. The minimum atomic E-state index is -0.649. The Hall–Kier alpha value is -1.51. The number of hydrogen-bond donors (Lipinski definition) is 1. The molecule has 3 heteroatoms. The van der Waals surface area contributed by atoms with E-state index in [9.17, 15) is 4.79 Å². The molecule has 17 heavy (non-hydrogen) atoms. The number of carbonyl (C=O) groups is 1. The first-order valence-corrected chi connectivity index (χ1v) is 5.94. The summed E-state index contributed by atoms with van der Waals surface area (Å²) in [4.78, 5) is 11.1. The minimum absolute atomic E-state index is 0.450. The average Bonchev–Trinajstić information content (AvgIpc) is 3.07. The average molecular weight is 234 g/mol. The molecule has 92 valence electrons. The predicted molar refractivity (Wildman–Crippen MR) is 65.4 cm³/mol. The van der Waals surface area contributed by atoms with Gasteiger partial charge >= 0.3 is 5.97 Å². The van der Waals surface area contributed by atoms with Crippen molar-refractivity contribution in [2.75, 3.05) is 7.11 Å². The molecule has 0 aliphatic heterocycles. The Kier molecular flexibility index (Phi) is 3.09. The van der Waals surface area contributed by atoms with E-state index in [1.165, 1.54) is 5.56 Å². The van der Waals surface area contributed by atoms with E-state index in [1.54, 1.807) is 7.11 Å². The van der Waals surface area contributed by atoms with Gasteiger partial charge in [0.15, 0.2) is 0 Å². The third-order valence-corrected chi connectivity index (χ3v) is 3.62. The highest BCUT2D eigenvalue weighted by molar-refractivity contribution is 5.77. The molecular formula is C14H18O3. The zero-order valence-electron chi connectivity index (χ0n) is 10.3. The molecule has 0 saturated heterocycles. The maximum Gasteiger partial charge on any atom is 0.309 e. The summed E-state index contributed by atoms with van der Waals surface area (Å²) in [5.41, 5.74) is 1.84. The SMILES string of the molecule is COc1ccc(C)cc1CCC1(C(=O)O)CC1. The number of rotatable bonds is 5. The lowest BCUT2D eigenvalue weighted by Crippen LogP contribution is -2.15. The van der Waals surface area contributed by atoms with E-state index in [4.69, 9.17) is 9.84 Å². The van der Waals surface area contributed by atoms with Crippen molar-refractivity contribution in [1.29, 1.82) is 0 Å². The summed E-state index contributed by atoms with van der Waals surface area (Å²) in [7, 11) is 1.65. The van der Waals surface area contributed by atoms with Crippen molar-refractivity contribution in [3.63, 3.8) is 0 Å². The van der Waals surface area contributed by atoms with Crippen molar-refractivity contribution in [3.05, 3.63) is 29.3 Å². The highest BCUT2D eigenvalue weighted by Gasteiger charge is 2.49. The lowest BCUT2D eigenvalue weighted by atomic mass is 9.96. The van der Waals surface area contributed by atoms with Crippen LogP contribution in [-0.4, -0.2) is 18.2 Å². The third kappa shape index (κ3) is 2.43. The monoisotopic (exact) mass is 234 g/mol. The molecule has 0 amide bonds. The lowest BCUT2D eigenvalue weighted by molar-refractivity contribution is -0.143. The number of hydrogen-bond acceptors (Lipinski definition) is 2. The van der Waals surface area contributed by atoms with Crippen LogP contribution < -0.4 is 4.74 Å². The topological polar surface area (TPSA) is 46.5 Å². The first-order valence-electron chi connectivity index (χ1n) is 5.94. The molecule has 0 atom stereocenters. The van der Waals surface area contributed by atoms with E-state index in [1.807, 2.05) is 19.1 Å². The molecule has 0 aromatic heterocycles. The van der Waals surface area contributed by atoms with Gasteiger partial charge in [0.25, 0.3) is 0 Å². The van der Waals surface area contributed by atoms with Gasteiger partial charge in [-0.2, -0.15) is 0 Å². The molecule has 0 spiro atoms. The van der Waals surface area contributed by atoms with Gasteiger partial charge in [0.1, 0.15) is 5.75 Å². The molecule has 1 aromatic rings. The first kappa shape index (κ1) is 12.0. The van der Waals surface area contributed by atoms with Crippen LogP contribution in [0.25, 0.3) is 0 Å². The summed E-state index contributed by atoms with van der Waals surface area (Å²) in [6, 6.07) is 6.04. The molecule has 0 bridgehead atoms. The van der Waals surface area contributed by atoms with Crippen LogP contribution in [-0.2, 0) is 11.2 Å². The van der Waals surface area contributed by atoms with Gasteiger partial charge in [0.2, 0.25) is 0 Å². The van der Waals surface area contributed by atoms with E-state index < -0.39 is 11.4 Å². The second-order valence-electron chi connectivity index (χ2n) is 4.90. The Morgan fingerprint density at radius 3 is 2.71 bits per heavy atom. The Labute approximate surface area is 101 Å². The van der Waals surface area contributed by atoms with Crippen molar-refractivity contribution in [2.24, 2.45) is 5.41 Å². The quantitative estimate of drug-likeness (QED) is 0.852. The van der Waals surface area contributed by atoms with Crippen molar-refractivity contribution in [2.45, 2.75) is 32.6 Å². The molecule has 2 rings (SSSR count). The van der Waals surface area contributed by atoms with Gasteiger partial charge in [0.05, 0.1) is 12.5 Å². The Balaban J connectivity index is 2.08. The standard InChI is InChI=1S/C14H18O3/c1-10-3-4-12(17-2)11(9-10)5-6-14(7-8-14)13(15)16/h3-4,9H,5-8H2,1-2H3,(H,15,16). The Morgan fingerprint density at radius 2 is 2.18 bits per heavy atom. The molecule has 0 radical (unpaired) electrons. The lowest BCUT2D eigenvalue weighted by Gasteiger charge is -2.12. The van der Waals surface area contributed by atoms with Gasteiger partial charge in [-0.1, -0.05) is 17.7 Å². The van der Waals surface area contributed by atoms with Gasteiger partial charge < -0.3 is 9.84 Å². The summed E-state index contributed by atoms with van der Waals surface area (Å²) < 4.78 is 5.30. The summed E-state index contributed by atoms with van der Waals surface area (Å²) in [5.74, 6) is 0.209. The fourth-order valence-corrected chi connectivity index (χ4v) is 2.20. The number of carboxylic acid groups (broad SMARTS) is 1. The van der Waals surface area contributed by atoms with Gasteiger partial charge in [-0.15, -0.1) is 0 Å². The summed E-state index contributed by atoms with van der Waals surface area (Å²) >= 11 is 0. The molecule has 1 aromatic carbocycles. The third-order valence-electron chi connectivity index (χ3n) is 3.62. The molecule has 1 aliphatic carbocycles. The number of methoxy groups -OCH3 is 1. The summed E-state index contributed by atoms with van der Waals surface area (Å²) in [6.45, 7) is 2.03. The minimum Gasteiger partial charge on any atom is -0.496 e. The van der Waals surface area contributed by atoms with Gasteiger partial charge in [-0.25, -0.2) is 0 Å². The first-order chi connectivity index (χ1) is 8.07. The van der Waals surface area contributed by atoms with Crippen molar-refractivity contribution >= 4 is 5.97 Å². The maximum atomic E-state index is 11.1. The molecule has 1 aliphatic rings. The fourth-order valence-electron chi connectivity index (χ4n) is 2.20. The van der Waals surface area contributed by atoms with Crippen LogP contribution in [0.5, 0.6) is 5.75 Å². The van der Waals surface area contributed by atoms with Crippen molar-refractivity contribution in [3.8, 4) is 5.75 Å². The number of aliphatic carboxylic acids is 1. The number of carboxylic acids is 1. The van der Waals surface area contributed by atoms with Crippen LogP contribution >= 0.6 is 0 Å². The van der Waals surface area contributed by atoms with E-state index in [0.717, 1.165) is 30.6 Å². The van der Waals surface area contributed by atoms with E-state index in [0.29, 0.717) is 6.42 Å². The highest BCUT2D eigenvalue weighted by Crippen LogP contribution is 2.50. The Morgan fingerprint density at radius 1 is 1.47 bits per heavy atom. The zero-order chi connectivity index (χ0) is 12.5. The van der Waals surface area contributed by atoms with Crippen LogP contribution in [0.3, 0.4) is 0 Å². The molecule has 0 heterocycles. The van der Waals surface area contributed by atoms with E-state index in [-0.39, 0.29) is 0 Å². The van der Waals surface area contributed by atoms with E-state index in [2.05, 4.69) is 6.07 Å². The van der Waals surface area contributed by atoms with Crippen LogP contribution in [0.15, 0.2) is 18.2 Å². The second kappa shape index (κ2) is 4.40. The van der Waals surface area contributed by atoms with Crippen LogP contribution in [0, 0.1) is 12.3 Å². The van der Waals surface area contributed by atoms with E-state index >= 15 is 0 Å². The largest absolute Gasteiger partial charge is 0.496 e.